The average Bonchev–Trinajstić information content (AvgIpc) is 2.82. The molecule has 0 spiro atoms. The average molecular weight is 536 g/mol. The fraction of sp³-hybridized carbons (Fsp3) is 0.259. The lowest BCUT2D eigenvalue weighted by atomic mass is 9.94. The zero-order chi connectivity index (χ0) is 27.2. The Labute approximate surface area is 225 Å². The Morgan fingerprint density at radius 2 is 1.73 bits per heavy atom. The van der Waals surface area contributed by atoms with E-state index in [2.05, 4.69) is 29.2 Å². The van der Waals surface area contributed by atoms with Crippen LogP contribution in [0.2, 0.25) is 0 Å². The topological polar surface area (TPSA) is 96.5 Å². The first kappa shape index (κ1) is 28.2. The molecule has 7 nitrogen and oxygen atoms in total. The van der Waals surface area contributed by atoms with Crippen molar-refractivity contribution in [2.75, 3.05) is 16.6 Å². The van der Waals surface area contributed by atoms with Gasteiger partial charge in [-0.3, -0.25) is 14.8 Å². The molecule has 0 unspecified atom stereocenters. The highest BCUT2D eigenvalue weighted by atomic mass is 32.2. The molecule has 2 radical (unpaired) electrons. The van der Waals surface area contributed by atoms with E-state index in [4.69, 9.17) is 24.8 Å². The standard InChI is InChI=1S/C27H30BN3O4S2/c1-17(2)13-14-35-25-12-6-20(28)16-23(25)26(32)30-27(36)29-21-7-9-22(10-8-21)37(33,34)31-24-11-5-18(3)15-19(24)4/h5-12,15-17,31H,13-14H2,1-4H3,(H2,29,30,32,36). The second-order valence-electron chi connectivity index (χ2n) is 9.14. The molecule has 0 fully saturated rings. The number of sulfonamides is 1. The van der Waals surface area contributed by atoms with Crippen molar-refractivity contribution in [3.63, 3.8) is 0 Å². The van der Waals surface area contributed by atoms with Crippen LogP contribution in [0.4, 0.5) is 11.4 Å². The molecule has 3 rings (SSSR count). The molecule has 0 aliphatic carbocycles. The molecule has 0 saturated carbocycles. The van der Waals surface area contributed by atoms with E-state index in [1.807, 2.05) is 26.0 Å². The molecule has 3 aromatic carbocycles. The molecule has 192 valence electrons. The molecule has 10 heteroatoms. The van der Waals surface area contributed by atoms with Gasteiger partial charge in [0.15, 0.2) is 5.11 Å². The molecular weight excluding hydrogens is 505 g/mol. The first-order chi connectivity index (χ1) is 17.4. The van der Waals surface area contributed by atoms with Crippen molar-refractivity contribution in [2.24, 2.45) is 5.92 Å². The maximum absolute atomic E-state index is 12.9. The lowest BCUT2D eigenvalue weighted by Crippen LogP contribution is -2.34. The van der Waals surface area contributed by atoms with Gasteiger partial charge >= 0.3 is 0 Å². The van der Waals surface area contributed by atoms with Crippen LogP contribution in [0.1, 0.15) is 41.8 Å². The molecule has 0 aromatic heterocycles. The Hall–Kier alpha value is -3.37. The molecule has 0 bridgehead atoms. The van der Waals surface area contributed by atoms with Crippen molar-refractivity contribution in [1.29, 1.82) is 0 Å². The number of aryl methyl sites for hydroxylation is 2. The third kappa shape index (κ3) is 8.06. The van der Waals surface area contributed by atoms with Gasteiger partial charge in [-0.15, -0.1) is 0 Å². The molecule has 0 heterocycles. The Morgan fingerprint density at radius 3 is 2.38 bits per heavy atom. The Balaban J connectivity index is 1.64. The van der Waals surface area contributed by atoms with Crippen molar-refractivity contribution in [2.45, 2.75) is 39.0 Å². The molecule has 0 aliphatic rings. The number of amides is 1. The SMILES string of the molecule is [B]c1ccc(OCCC(C)C)c(C(=O)NC(=S)Nc2ccc(S(=O)(=O)Nc3ccc(C)cc3C)cc2)c1. The van der Waals surface area contributed by atoms with Crippen molar-refractivity contribution >= 4 is 57.9 Å². The van der Waals surface area contributed by atoms with Gasteiger partial charge in [0.1, 0.15) is 13.6 Å². The molecule has 0 atom stereocenters. The van der Waals surface area contributed by atoms with Crippen molar-refractivity contribution in [3.05, 3.63) is 77.4 Å². The second-order valence-corrected chi connectivity index (χ2v) is 11.2. The quantitative estimate of drug-likeness (QED) is 0.277. The number of nitrogens with one attached hydrogen (secondary N) is 3. The van der Waals surface area contributed by atoms with Gasteiger partial charge in [0, 0.05) is 5.69 Å². The molecule has 0 saturated heterocycles. The fourth-order valence-corrected chi connectivity index (χ4v) is 4.78. The van der Waals surface area contributed by atoms with Crippen LogP contribution in [0, 0.1) is 19.8 Å². The van der Waals surface area contributed by atoms with E-state index in [1.54, 1.807) is 30.3 Å². The lowest BCUT2D eigenvalue weighted by molar-refractivity contribution is 0.0973. The number of anilines is 2. The van der Waals surface area contributed by atoms with Crippen LogP contribution in [-0.4, -0.2) is 33.9 Å². The van der Waals surface area contributed by atoms with Gasteiger partial charge in [0.25, 0.3) is 15.9 Å². The summed E-state index contributed by atoms with van der Waals surface area (Å²) >= 11 is 5.28. The molecular formula is C27H30BN3O4S2. The lowest BCUT2D eigenvalue weighted by Gasteiger charge is -2.15. The monoisotopic (exact) mass is 535 g/mol. The number of carbonyl (C=O) groups excluding carboxylic acids is 1. The highest BCUT2D eigenvalue weighted by Gasteiger charge is 2.17. The number of carbonyl (C=O) groups is 1. The number of hydrogen-bond acceptors (Lipinski definition) is 5. The van der Waals surface area contributed by atoms with Crippen LogP contribution < -0.4 is 25.6 Å². The van der Waals surface area contributed by atoms with Crippen LogP contribution in [0.3, 0.4) is 0 Å². The third-order valence-electron chi connectivity index (χ3n) is 5.48. The Morgan fingerprint density at radius 1 is 1.03 bits per heavy atom. The summed E-state index contributed by atoms with van der Waals surface area (Å²) in [4.78, 5) is 13.0. The maximum atomic E-state index is 12.9. The van der Waals surface area contributed by atoms with E-state index >= 15 is 0 Å². The molecule has 3 aromatic rings. The Kier molecular flexibility index (Phi) is 9.34. The van der Waals surface area contributed by atoms with Crippen LogP contribution in [0.15, 0.2) is 65.6 Å². The Bertz CT molecular complexity index is 1390. The highest BCUT2D eigenvalue weighted by Crippen LogP contribution is 2.22. The number of ether oxygens (including phenoxy) is 1. The maximum Gasteiger partial charge on any atom is 0.261 e. The molecule has 37 heavy (non-hydrogen) atoms. The van der Waals surface area contributed by atoms with Gasteiger partial charge in [-0.2, -0.15) is 0 Å². The van der Waals surface area contributed by atoms with E-state index in [0.29, 0.717) is 35.1 Å². The van der Waals surface area contributed by atoms with Crippen molar-refractivity contribution in [1.82, 2.24) is 5.32 Å². The van der Waals surface area contributed by atoms with Gasteiger partial charge < -0.3 is 10.1 Å². The largest absolute Gasteiger partial charge is 0.493 e. The summed E-state index contributed by atoms with van der Waals surface area (Å²) in [6, 6.07) is 16.4. The molecule has 0 aliphatic heterocycles. The van der Waals surface area contributed by atoms with E-state index in [0.717, 1.165) is 17.5 Å². The zero-order valence-corrected chi connectivity index (χ0v) is 22.9. The smallest absolute Gasteiger partial charge is 0.261 e. The molecule has 1 amide bonds. The van der Waals surface area contributed by atoms with E-state index in [-0.39, 0.29) is 15.6 Å². The fourth-order valence-electron chi connectivity index (χ4n) is 3.44. The number of rotatable bonds is 9. The predicted molar refractivity (Wildman–Crippen MR) is 154 cm³/mol. The number of benzene rings is 3. The minimum Gasteiger partial charge on any atom is -0.493 e. The highest BCUT2D eigenvalue weighted by molar-refractivity contribution is 7.92. The van der Waals surface area contributed by atoms with Gasteiger partial charge in [-0.25, -0.2) is 8.42 Å². The van der Waals surface area contributed by atoms with Crippen LogP contribution >= 0.6 is 12.2 Å². The van der Waals surface area contributed by atoms with Crippen molar-refractivity contribution in [3.8, 4) is 5.75 Å². The summed E-state index contributed by atoms with van der Waals surface area (Å²) in [5.74, 6) is 0.411. The van der Waals surface area contributed by atoms with Gasteiger partial charge in [-0.1, -0.05) is 49.1 Å². The summed E-state index contributed by atoms with van der Waals surface area (Å²) in [5, 5.41) is 5.55. The summed E-state index contributed by atoms with van der Waals surface area (Å²) in [7, 11) is 2.09. The normalized spacial score (nSPS) is 11.2. The second kappa shape index (κ2) is 12.2. The summed E-state index contributed by atoms with van der Waals surface area (Å²) < 4.78 is 34.0. The van der Waals surface area contributed by atoms with Gasteiger partial charge in [0.05, 0.1) is 22.8 Å². The molecule has 3 N–H and O–H groups in total. The summed E-state index contributed by atoms with van der Waals surface area (Å²) in [6.07, 6.45) is 0.845. The number of hydrogen-bond donors (Lipinski definition) is 3. The van der Waals surface area contributed by atoms with E-state index in [1.165, 1.54) is 18.2 Å². The van der Waals surface area contributed by atoms with Gasteiger partial charge in [0.2, 0.25) is 0 Å². The van der Waals surface area contributed by atoms with E-state index in [9.17, 15) is 13.2 Å². The summed E-state index contributed by atoms with van der Waals surface area (Å²) in [6.45, 7) is 8.44. The first-order valence-corrected chi connectivity index (χ1v) is 13.7. The first-order valence-electron chi connectivity index (χ1n) is 11.8. The third-order valence-corrected chi connectivity index (χ3v) is 7.06. The van der Waals surface area contributed by atoms with Crippen LogP contribution in [0.5, 0.6) is 5.75 Å². The zero-order valence-electron chi connectivity index (χ0n) is 21.3. The predicted octanol–water partition coefficient (Wildman–Crippen LogP) is 4.45. The van der Waals surface area contributed by atoms with Gasteiger partial charge in [-0.05, 0) is 80.4 Å². The van der Waals surface area contributed by atoms with Crippen LogP contribution in [-0.2, 0) is 10.0 Å². The minimum atomic E-state index is -3.78. The van der Waals surface area contributed by atoms with Crippen molar-refractivity contribution < 1.29 is 17.9 Å². The number of thiocarbonyl (C=S) groups is 1. The van der Waals surface area contributed by atoms with E-state index < -0.39 is 15.9 Å². The summed E-state index contributed by atoms with van der Waals surface area (Å²) in [5.41, 5.74) is 3.60. The minimum absolute atomic E-state index is 0.0459. The van der Waals surface area contributed by atoms with Crippen LogP contribution in [0.25, 0.3) is 0 Å².